The maximum Gasteiger partial charge on any atom is 0.265 e. The van der Waals surface area contributed by atoms with Crippen LogP contribution in [0, 0.1) is 0 Å². The number of carbonyl (C=O) groups is 1. The quantitative estimate of drug-likeness (QED) is 0.585. The molecule has 0 unspecified atom stereocenters. The van der Waals surface area contributed by atoms with E-state index in [9.17, 15) is 13.2 Å². The molecule has 1 aromatic rings. The molecule has 0 atom stereocenters. The van der Waals surface area contributed by atoms with Crippen LogP contribution in [0.5, 0.6) is 0 Å². The molecule has 5 N–H and O–H groups in total. The van der Waals surface area contributed by atoms with Crippen LogP contribution >= 0.6 is 11.3 Å². The number of thiazole rings is 1. The minimum absolute atomic E-state index is 0.171. The molecule has 0 radical (unpaired) electrons. The lowest BCUT2D eigenvalue weighted by atomic mass is 10.4. The van der Waals surface area contributed by atoms with Crippen LogP contribution in [-0.2, 0) is 10.0 Å². The van der Waals surface area contributed by atoms with Gasteiger partial charge in [0.2, 0.25) is 10.0 Å². The van der Waals surface area contributed by atoms with Crippen molar-refractivity contribution in [1.82, 2.24) is 10.3 Å². The fraction of sp³-hybridized carbons (Fsp3) is 0.600. The summed E-state index contributed by atoms with van der Waals surface area (Å²) in [5.41, 5.74) is 5.70. The number of sulfonamides is 1. The summed E-state index contributed by atoms with van der Waals surface area (Å²) < 4.78 is 21.5. The summed E-state index contributed by atoms with van der Waals surface area (Å²) >= 11 is 1.20. The van der Waals surface area contributed by atoms with E-state index in [-0.39, 0.29) is 30.4 Å². The van der Waals surface area contributed by atoms with E-state index in [1.807, 2.05) is 18.9 Å². The smallest absolute Gasteiger partial charge is 0.265 e. The Bertz CT molecular complexity index is 569. The van der Waals surface area contributed by atoms with Gasteiger partial charge in [0.25, 0.3) is 5.91 Å². The predicted molar refractivity (Wildman–Crippen MR) is 80.4 cm³/mol. The third-order valence-corrected chi connectivity index (χ3v) is 4.58. The van der Waals surface area contributed by atoms with E-state index >= 15 is 0 Å². The number of nitrogens with zero attached hydrogens (tertiary/aromatic N) is 2. The number of nitrogens with two attached hydrogens (primary N) is 2. The molecule has 0 aliphatic carbocycles. The number of carbonyl (C=O) groups excluding carboxylic acids is 1. The molecule has 0 saturated carbocycles. The fourth-order valence-electron chi connectivity index (χ4n) is 1.34. The molecular weight excluding hydrogens is 302 g/mol. The van der Waals surface area contributed by atoms with Gasteiger partial charge in [0.15, 0.2) is 5.13 Å². The number of amides is 1. The Morgan fingerprint density at radius 2 is 2.15 bits per heavy atom. The molecule has 0 aliphatic heterocycles. The van der Waals surface area contributed by atoms with Gasteiger partial charge in [0.05, 0.1) is 5.75 Å². The lowest BCUT2D eigenvalue weighted by Gasteiger charge is -2.10. The van der Waals surface area contributed by atoms with Crippen molar-refractivity contribution in [2.45, 2.75) is 13.3 Å². The summed E-state index contributed by atoms with van der Waals surface area (Å²) in [6, 6.07) is 0. The standard InChI is InChI=1S/C10H19N5O3S2/c1-3-15(2)10-14-8(11)7(19-10)9(16)13-5-4-6-20(12,17)18/h3-6,11H2,1-2H3,(H,13,16)(H2,12,17,18). The van der Waals surface area contributed by atoms with Gasteiger partial charge in [0, 0.05) is 20.1 Å². The van der Waals surface area contributed by atoms with Crippen LogP contribution in [0.1, 0.15) is 23.0 Å². The summed E-state index contributed by atoms with van der Waals surface area (Å²) in [7, 11) is -1.64. The molecule has 0 bridgehead atoms. The molecule has 8 nitrogen and oxygen atoms in total. The van der Waals surface area contributed by atoms with Crippen LogP contribution in [0.15, 0.2) is 0 Å². The SMILES string of the molecule is CCN(C)c1nc(N)c(C(=O)NCCCS(N)(=O)=O)s1. The number of rotatable bonds is 7. The summed E-state index contributed by atoms with van der Waals surface area (Å²) in [6.45, 7) is 2.93. The molecule has 0 saturated heterocycles. The normalized spacial score (nSPS) is 11.3. The lowest BCUT2D eigenvalue weighted by Crippen LogP contribution is -2.27. The molecule has 1 heterocycles. The Balaban J connectivity index is 2.57. The van der Waals surface area contributed by atoms with Crippen molar-refractivity contribution in [2.24, 2.45) is 5.14 Å². The maximum atomic E-state index is 11.9. The summed E-state index contributed by atoms with van der Waals surface area (Å²) in [5, 5.41) is 8.13. The number of nitrogens with one attached hydrogen (secondary N) is 1. The van der Waals surface area contributed by atoms with Crippen molar-refractivity contribution < 1.29 is 13.2 Å². The maximum absolute atomic E-state index is 11.9. The van der Waals surface area contributed by atoms with E-state index in [0.717, 1.165) is 6.54 Å². The molecule has 114 valence electrons. The second-order valence-electron chi connectivity index (χ2n) is 4.20. The van der Waals surface area contributed by atoms with E-state index in [4.69, 9.17) is 10.9 Å². The minimum Gasteiger partial charge on any atom is -0.382 e. The molecule has 20 heavy (non-hydrogen) atoms. The third kappa shape index (κ3) is 4.94. The van der Waals surface area contributed by atoms with Crippen LogP contribution in [0.2, 0.25) is 0 Å². The second-order valence-corrected chi connectivity index (χ2v) is 6.91. The molecule has 0 aliphatic rings. The number of primary sulfonamides is 1. The van der Waals surface area contributed by atoms with Gasteiger partial charge < -0.3 is 16.0 Å². The van der Waals surface area contributed by atoms with E-state index in [2.05, 4.69) is 10.3 Å². The highest BCUT2D eigenvalue weighted by atomic mass is 32.2. The van der Waals surface area contributed by atoms with Gasteiger partial charge in [-0.1, -0.05) is 11.3 Å². The number of hydrogen-bond acceptors (Lipinski definition) is 7. The number of aromatic nitrogens is 1. The zero-order valence-electron chi connectivity index (χ0n) is 11.4. The predicted octanol–water partition coefficient (Wildman–Crippen LogP) is -0.410. The molecular formula is C10H19N5O3S2. The average Bonchev–Trinajstić information content (AvgIpc) is 2.74. The van der Waals surface area contributed by atoms with Crippen LogP contribution < -0.4 is 21.1 Å². The van der Waals surface area contributed by atoms with Crippen LogP contribution in [0.4, 0.5) is 10.9 Å². The van der Waals surface area contributed by atoms with Gasteiger partial charge in [-0.05, 0) is 13.3 Å². The number of anilines is 2. The number of nitrogen functional groups attached to an aromatic ring is 1. The zero-order valence-corrected chi connectivity index (χ0v) is 13.1. The Labute approximate surface area is 122 Å². The van der Waals surface area contributed by atoms with Gasteiger partial charge in [-0.2, -0.15) is 0 Å². The zero-order chi connectivity index (χ0) is 15.3. The first kappa shape index (κ1) is 16.7. The summed E-state index contributed by atoms with van der Waals surface area (Å²) in [4.78, 5) is 18.2. The first-order valence-corrected chi connectivity index (χ1v) is 8.54. The molecule has 0 fully saturated rings. The largest absolute Gasteiger partial charge is 0.382 e. The van der Waals surface area contributed by atoms with Crippen LogP contribution in [0.3, 0.4) is 0 Å². The Morgan fingerprint density at radius 3 is 2.70 bits per heavy atom. The highest BCUT2D eigenvalue weighted by molar-refractivity contribution is 7.89. The molecule has 1 aromatic heterocycles. The van der Waals surface area contributed by atoms with Crippen molar-refractivity contribution in [3.63, 3.8) is 0 Å². The van der Waals surface area contributed by atoms with Gasteiger partial charge >= 0.3 is 0 Å². The Morgan fingerprint density at radius 1 is 1.50 bits per heavy atom. The Kier molecular flexibility index (Phi) is 5.72. The molecule has 10 heteroatoms. The van der Waals surface area contributed by atoms with Gasteiger partial charge in [-0.3, -0.25) is 4.79 Å². The minimum atomic E-state index is -3.50. The van der Waals surface area contributed by atoms with Gasteiger partial charge in [-0.25, -0.2) is 18.5 Å². The molecule has 1 amide bonds. The fourth-order valence-corrected chi connectivity index (χ4v) is 2.81. The summed E-state index contributed by atoms with van der Waals surface area (Å²) in [6.07, 6.45) is 0.255. The summed E-state index contributed by atoms with van der Waals surface area (Å²) in [5.74, 6) is -0.352. The average molecular weight is 321 g/mol. The van der Waals surface area contributed by atoms with Crippen molar-refractivity contribution in [3.8, 4) is 0 Å². The van der Waals surface area contributed by atoms with Crippen LogP contribution in [0.25, 0.3) is 0 Å². The highest BCUT2D eigenvalue weighted by Crippen LogP contribution is 2.27. The van der Waals surface area contributed by atoms with Crippen molar-refractivity contribution >= 4 is 38.2 Å². The van der Waals surface area contributed by atoms with Gasteiger partial charge in [0.1, 0.15) is 10.7 Å². The van der Waals surface area contributed by atoms with E-state index in [1.54, 1.807) is 0 Å². The topological polar surface area (TPSA) is 131 Å². The van der Waals surface area contributed by atoms with Gasteiger partial charge in [-0.15, -0.1) is 0 Å². The second kappa shape index (κ2) is 6.86. The molecule has 0 spiro atoms. The number of hydrogen-bond donors (Lipinski definition) is 3. The monoisotopic (exact) mass is 321 g/mol. The first-order chi connectivity index (χ1) is 9.24. The van der Waals surface area contributed by atoms with Crippen LogP contribution in [-0.4, -0.2) is 45.2 Å². The van der Waals surface area contributed by atoms with E-state index in [0.29, 0.717) is 10.0 Å². The lowest BCUT2D eigenvalue weighted by molar-refractivity contribution is 0.0958. The highest BCUT2D eigenvalue weighted by Gasteiger charge is 2.17. The van der Waals surface area contributed by atoms with Crippen molar-refractivity contribution in [1.29, 1.82) is 0 Å². The first-order valence-electron chi connectivity index (χ1n) is 6.00. The van der Waals surface area contributed by atoms with Crippen molar-refractivity contribution in [3.05, 3.63) is 4.88 Å². The molecule has 1 rings (SSSR count). The third-order valence-electron chi connectivity index (χ3n) is 2.54. The Hall–Kier alpha value is -1.39. The van der Waals surface area contributed by atoms with Crippen molar-refractivity contribution in [2.75, 3.05) is 36.5 Å². The van der Waals surface area contributed by atoms with E-state index in [1.165, 1.54) is 11.3 Å². The van der Waals surface area contributed by atoms with E-state index < -0.39 is 10.0 Å². The molecule has 0 aromatic carbocycles.